The predicted molar refractivity (Wildman–Crippen MR) is 93.1 cm³/mol. The Bertz CT molecular complexity index is 540. The maximum atomic E-state index is 11.5. The molecule has 2 fully saturated rings. The molecule has 2 aliphatic heterocycles. The van der Waals surface area contributed by atoms with Crippen LogP contribution in [0.15, 0.2) is 24.3 Å². The second-order valence-corrected chi connectivity index (χ2v) is 6.85. The molecule has 0 aliphatic carbocycles. The second kappa shape index (κ2) is 8.10. The van der Waals surface area contributed by atoms with Crippen LogP contribution in [0.5, 0.6) is 0 Å². The number of hydrogen-bond acceptors (Lipinski definition) is 5. The highest BCUT2D eigenvalue weighted by Crippen LogP contribution is 2.20. The molecule has 0 spiro atoms. The maximum absolute atomic E-state index is 11.5. The first-order valence-electron chi connectivity index (χ1n) is 8.90. The monoisotopic (exact) mass is 332 g/mol. The van der Waals surface area contributed by atoms with Gasteiger partial charge in [-0.05, 0) is 37.5 Å². The predicted octanol–water partition coefficient (Wildman–Crippen LogP) is 2.16. The molecule has 0 saturated carbocycles. The first-order valence-corrected chi connectivity index (χ1v) is 8.90. The Morgan fingerprint density at radius 1 is 1.21 bits per heavy atom. The third-order valence-corrected chi connectivity index (χ3v) is 5.26. The van der Waals surface area contributed by atoms with Gasteiger partial charge in [-0.1, -0.05) is 12.1 Å². The Morgan fingerprint density at radius 2 is 1.92 bits per heavy atom. The number of ether oxygens (including phenoxy) is 2. The molecule has 0 N–H and O–H groups in total. The van der Waals surface area contributed by atoms with E-state index in [9.17, 15) is 4.79 Å². The van der Waals surface area contributed by atoms with E-state index in [-0.39, 0.29) is 5.97 Å². The molecule has 132 valence electrons. The summed E-state index contributed by atoms with van der Waals surface area (Å²) in [5.74, 6) is -0.278. The van der Waals surface area contributed by atoms with Crippen molar-refractivity contribution in [1.29, 1.82) is 0 Å². The van der Waals surface area contributed by atoms with Crippen molar-refractivity contribution in [3.05, 3.63) is 35.4 Å². The van der Waals surface area contributed by atoms with Gasteiger partial charge in [0, 0.05) is 51.5 Å². The van der Waals surface area contributed by atoms with Crippen LogP contribution in [0.25, 0.3) is 0 Å². The summed E-state index contributed by atoms with van der Waals surface area (Å²) in [5.41, 5.74) is 1.85. The van der Waals surface area contributed by atoms with Gasteiger partial charge in [0.2, 0.25) is 0 Å². The molecular weight excluding hydrogens is 304 g/mol. The van der Waals surface area contributed by atoms with Gasteiger partial charge >= 0.3 is 5.97 Å². The Kier molecular flexibility index (Phi) is 5.87. The lowest BCUT2D eigenvalue weighted by Crippen LogP contribution is -2.55. The third kappa shape index (κ3) is 4.15. The van der Waals surface area contributed by atoms with E-state index in [2.05, 4.69) is 16.7 Å². The summed E-state index contributed by atoms with van der Waals surface area (Å²) in [6, 6.07) is 9.01. The van der Waals surface area contributed by atoms with Crippen molar-refractivity contribution in [2.45, 2.75) is 38.4 Å². The Hall–Kier alpha value is -1.43. The zero-order chi connectivity index (χ0) is 16.9. The van der Waals surface area contributed by atoms with E-state index >= 15 is 0 Å². The van der Waals surface area contributed by atoms with Gasteiger partial charge in [-0.25, -0.2) is 4.79 Å². The summed E-state index contributed by atoms with van der Waals surface area (Å²) in [7, 11) is 1.41. The van der Waals surface area contributed by atoms with Gasteiger partial charge in [0.1, 0.15) is 0 Å². The maximum Gasteiger partial charge on any atom is 0.337 e. The summed E-state index contributed by atoms with van der Waals surface area (Å²) in [5, 5.41) is 0. The van der Waals surface area contributed by atoms with Crippen molar-refractivity contribution in [1.82, 2.24) is 9.80 Å². The SMILES string of the molecule is COC(=O)c1ccc(CN2CCN(C3CCOCC3)C[C@@H]2C)cc1. The van der Waals surface area contributed by atoms with E-state index in [1.807, 2.05) is 24.3 Å². The number of piperazine rings is 1. The zero-order valence-corrected chi connectivity index (χ0v) is 14.7. The van der Waals surface area contributed by atoms with Crippen molar-refractivity contribution >= 4 is 5.97 Å². The van der Waals surface area contributed by atoms with Crippen LogP contribution in [0.1, 0.15) is 35.7 Å². The summed E-state index contributed by atoms with van der Waals surface area (Å²) in [4.78, 5) is 16.7. The molecule has 1 aromatic rings. The summed E-state index contributed by atoms with van der Waals surface area (Å²) >= 11 is 0. The Morgan fingerprint density at radius 3 is 2.54 bits per heavy atom. The first-order chi connectivity index (χ1) is 11.7. The van der Waals surface area contributed by atoms with Crippen molar-refractivity contribution in [3.8, 4) is 0 Å². The molecule has 0 unspecified atom stereocenters. The normalized spacial score (nSPS) is 24.0. The Balaban J connectivity index is 1.54. The molecule has 0 radical (unpaired) electrons. The van der Waals surface area contributed by atoms with Gasteiger partial charge in [0.15, 0.2) is 0 Å². The molecular formula is C19H28N2O3. The van der Waals surface area contributed by atoms with Gasteiger partial charge < -0.3 is 9.47 Å². The van der Waals surface area contributed by atoms with Gasteiger partial charge in [-0.3, -0.25) is 9.80 Å². The lowest BCUT2D eigenvalue weighted by atomic mass is 10.0. The summed E-state index contributed by atoms with van der Waals surface area (Å²) in [6.07, 6.45) is 2.34. The van der Waals surface area contributed by atoms with Crippen molar-refractivity contribution in [2.75, 3.05) is 40.0 Å². The number of esters is 1. The fourth-order valence-electron chi connectivity index (χ4n) is 3.74. The van der Waals surface area contributed by atoms with Gasteiger partial charge in [-0.2, -0.15) is 0 Å². The largest absolute Gasteiger partial charge is 0.465 e. The van der Waals surface area contributed by atoms with Crippen LogP contribution < -0.4 is 0 Å². The molecule has 5 nitrogen and oxygen atoms in total. The minimum absolute atomic E-state index is 0.278. The number of methoxy groups -OCH3 is 1. The smallest absolute Gasteiger partial charge is 0.337 e. The van der Waals surface area contributed by atoms with Crippen molar-refractivity contribution in [3.63, 3.8) is 0 Å². The molecule has 0 bridgehead atoms. The number of rotatable bonds is 4. The van der Waals surface area contributed by atoms with E-state index < -0.39 is 0 Å². The molecule has 0 aromatic heterocycles. The Labute approximate surface area is 144 Å². The highest BCUT2D eigenvalue weighted by molar-refractivity contribution is 5.89. The zero-order valence-electron chi connectivity index (χ0n) is 14.7. The van der Waals surface area contributed by atoms with Crippen LogP contribution in [-0.4, -0.2) is 67.8 Å². The molecule has 0 amide bonds. The lowest BCUT2D eigenvalue weighted by molar-refractivity contribution is -0.00340. The van der Waals surface area contributed by atoms with E-state index in [1.165, 1.54) is 25.5 Å². The summed E-state index contributed by atoms with van der Waals surface area (Å²) in [6.45, 7) is 8.42. The van der Waals surface area contributed by atoms with Crippen LogP contribution in [0.3, 0.4) is 0 Å². The number of carbonyl (C=O) groups excluding carboxylic acids is 1. The van der Waals surface area contributed by atoms with Gasteiger partial charge in [0.05, 0.1) is 12.7 Å². The van der Waals surface area contributed by atoms with Crippen LogP contribution in [-0.2, 0) is 16.0 Å². The molecule has 2 saturated heterocycles. The van der Waals surface area contributed by atoms with Crippen LogP contribution in [0.4, 0.5) is 0 Å². The standard InChI is InChI=1S/C19H28N2O3/c1-15-13-21(18-7-11-24-12-8-18)10-9-20(15)14-16-3-5-17(6-4-16)19(22)23-2/h3-6,15,18H,7-14H2,1-2H3/t15-/m0/s1. The quantitative estimate of drug-likeness (QED) is 0.791. The molecule has 24 heavy (non-hydrogen) atoms. The fourth-order valence-corrected chi connectivity index (χ4v) is 3.74. The van der Waals surface area contributed by atoms with Crippen molar-refractivity contribution < 1.29 is 14.3 Å². The minimum Gasteiger partial charge on any atom is -0.465 e. The molecule has 3 rings (SSSR count). The van der Waals surface area contributed by atoms with E-state index in [0.29, 0.717) is 17.6 Å². The second-order valence-electron chi connectivity index (χ2n) is 6.85. The average Bonchev–Trinajstić information content (AvgIpc) is 2.64. The third-order valence-electron chi connectivity index (χ3n) is 5.26. The first kappa shape index (κ1) is 17.4. The lowest BCUT2D eigenvalue weighted by Gasteiger charge is -2.44. The van der Waals surface area contributed by atoms with E-state index in [1.54, 1.807) is 0 Å². The average molecular weight is 332 g/mol. The molecule has 5 heteroatoms. The number of benzene rings is 1. The molecule has 2 heterocycles. The summed E-state index contributed by atoms with van der Waals surface area (Å²) < 4.78 is 10.2. The highest BCUT2D eigenvalue weighted by Gasteiger charge is 2.29. The van der Waals surface area contributed by atoms with Crippen LogP contribution in [0, 0.1) is 0 Å². The number of carbonyl (C=O) groups is 1. The van der Waals surface area contributed by atoms with Crippen molar-refractivity contribution in [2.24, 2.45) is 0 Å². The van der Waals surface area contributed by atoms with Gasteiger partial charge in [-0.15, -0.1) is 0 Å². The topological polar surface area (TPSA) is 42.0 Å². The number of hydrogen-bond donors (Lipinski definition) is 0. The minimum atomic E-state index is -0.278. The fraction of sp³-hybridized carbons (Fsp3) is 0.632. The van der Waals surface area contributed by atoms with Crippen LogP contribution in [0.2, 0.25) is 0 Å². The molecule has 1 aromatic carbocycles. The van der Waals surface area contributed by atoms with E-state index in [4.69, 9.17) is 9.47 Å². The highest BCUT2D eigenvalue weighted by atomic mass is 16.5. The van der Waals surface area contributed by atoms with Crippen LogP contribution >= 0.6 is 0 Å². The molecule has 1 atom stereocenters. The van der Waals surface area contributed by atoms with E-state index in [0.717, 1.165) is 39.4 Å². The molecule has 2 aliphatic rings. The van der Waals surface area contributed by atoms with Gasteiger partial charge in [0.25, 0.3) is 0 Å². The number of nitrogens with zero attached hydrogens (tertiary/aromatic N) is 2.